The van der Waals surface area contributed by atoms with Crippen LogP contribution in [0.5, 0.6) is 11.5 Å². The Morgan fingerprint density at radius 2 is 1.86 bits per heavy atom. The quantitative estimate of drug-likeness (QED) is 0.576. The summed E-state index contributed by atoms with van der Waals surface area (Å²) in [5.74, 6) is 1.39. The van der Waals surface area contributed by atoms with E-state index < -0.39 is 0 Å². The number of ether oxygens (including phenoxy) is 2. The van der Waals surface area contributed by atoms with Gasteiger partial charge >= 0.3 is 0 Å². The number of nitrogens with zero attached hydrogens (tertiary/aromatic N) is 2. The first-order valence-corrected chi connectivity index (χ1v) is 7.65. The van der Waals surface area contributed by atoms with Crippen LogP contribution >= 0.6 is 15.9 Å². The van der Waals surface area contributed by atoms with Crippen LogP contribution in [0.25, 0.3) is 0 Å². The van der Waals surface area contributed by atoms with Gasteiger partial charge in [0.25, 0.3) is 0 Å². The summed E-state index contributed by atoms with van der Waals surface area (Å²) in [5.41, 5.74) is 1.97. The third-order valence-electron chi connectivity index (χ3n) is 2.95. The largest absolute Gasteiger partial charge is 0.493 e. The second kappa shape index (κ2) is 7.84. The van der Waals surface area contributed by atoms with E-state index in [-0.39, 0.29) is 0 Å². The van der Waals surface area contributed by atoms with Crippen molar-refractivity contribution < 1.29 is 9.47 Å². The molecule has 0 unspecified atom stereocenters. The predicted octanol–water partition coefficient (Wildman–Crippen LogP) is 3.93. The van der Waals surface area contributed by atoms with Crippen LogP contribution in [0.2, 0.25) is 0 Å². The van der Waals surface area contributed by atoms with Gasteiger partial charge in [-0.1, -0.05) is 34.1 Å². The average molecular weight is 363 g/mol. The van der Waals surface area contributed by atoms with Crippen LogP contribution in [0.15, 0.2) is 52.0 Å². The van der Waals surface area contributed by atoms with Gasteiger partial charge in [-0.25, -0.2) is 0 Å². The third kappa shape index (κ3) is 4.49. The van der Waals surface area contributed by atoms with Gasteiger partial charge in [0, 0.05) is 24.1 Å². The molecule has 0 fully saturated rings. The second-order valence-electron chi connectivity index (χ2n) is 4.89. The van der Waals surface area contributed by atoms with Gasteiger partial charge in [0.2, 0.25) is 0 Å². The molecule has 116 valence electrons. The molecule has 0 aliphatic carbocycles. The Morgan fingerprint density at radius 1 is 1.14 bits per heavy atom. The minimum atomic E-state index is 0.469. The van der Waals surface area contributed by atoms with Crippen molar-refractivity contribution >= 4 is 22.1 Å². The van der Waals surface area contributed by atoms with Crippen molar-refractivity contribution in [1.29, 1.82) is 0 Å². The number of hydrazone groups is 1. The number of benzene rings is 2. The van der Waals surface area contributed by atoms with E-state index in [1.54, 1.807) is 18.3 Å². The minimum Gasteiger partial charge on any atom is -0.493 e. The Kier molecular flexibility index (Phi) is 5.83. The topological polar surface area (TPSA) is 34.1 Å². The molecule has 0 saturated heterocycles. The molecule has 0 aliphatic heterocycles. The van der Waals surface area contributed by atoms with Crippen molar-refractivity contribution in [2.24, 2.45) is 5.10 Å². The highest BCUT2D eigenvalue weighted by Gasteiger charge is 2.09. The number of methoxy groups -OCH3 is 1. The van der Waals surface area contributed by atoms with Crippen LogP contribution < -0.4 is 9.47 Å². The minimum absolute atomic E-state index is 0.469. The van der Waals surface area contributed by atoms with Gasteiger partial charge in [-0.05, 0) is 29.8 Å². The number of para-hydroxylation sites is 1. The molecule has 0 aliphatic rings. The smallest absolute Gasteiger partial charge is 0.170 e. The molecular weight excluding hydrogens is 344 g/mol. The Morgan fingerprint density at radius 3 is 2.50 bits per heavy atom. The second-order valence-corrected chi connectivity index (χ2v) is 5.80. The zero-order valence-electron chi connectivity index (χ0n) is 12.9. The fraction of sp³-hybridized carbons (Fsp3) is 0.235. The summed E-state index contributed by atoms with van der Waals surface area (Å²) in [6.07, 6.45) is 1.76. The first-order valence-electron chi connectivity index (χ1n) is 6.85. The number of halogens is 1. The van der Waals surface area contributed by atoms with Gasteiger partial charge in [0.1, 0.15) is 6.61 Å². The van der Waals surface area contributed by atoms with Crippen molar-refractivity contribution in [3.8, 4) is 11.5 Å². The van der Waals surface area contributed by atoms with E-state index in [4.69, 9.17) is 9.47 Å². The normalized spacial score (nSPS) is 10.7. The van der Waals surface area contributed by atoms with Gasteiger partial charge < -0.3 is 14.5 Å². The zero-order chi connectivity index (χ0) is 15.9. The maximum absolute atomic E-state index is 5.97. The molecule has 0 radical (unpaired) electrons. The van der Waals surface area contributed by atoms with Crippen LogP contribution in [0, 0.1) is 0 Å². The summed E-state index contributed by atoms with van der Waals surface area (Å²) in [5, 5.41) is 6.00. The summed E-state index contributed by atoms with van der Waals surface area (Å²) < 4.78 is 12.4. The van der Waals surface area contributed by atoms with Crippen LogP contribution in [0.3, 0.4) is 0 Å². The van der Waals surface area contributed by atoms with Crippen LogP contribution in [0.1, 0.15) is 11.1 Å². The molecule has 0 spiro atoms. The van der Waals surface area contributed by atoms with Gasteiger partial charge in [-0.3, -0.25) is 0 Å². The molecule has 5 heteroatoms. The molecule has 2 rings (SSSR count). The highest BCUT2D eigenvalue weighted by atomic mass is 79.9. The van der Waals surface area contributed by atoms with E-state index >= 15 is 0 Å². The summed E-state index contributed by atoms with van der Waals surface area (Å²) in [7, 11) is 5.38. The highest BCUT2D eigenvalue weighted by Crippen LogP contribution is 2.31. The molecule has 0 saturated carbocycles. The molecule has 22 heavy (non-hydrogen) atoms. The van der Waals surface area contributed by atoms with E-state index in [2.05, 4.69) is 21.0 Å². The fourth-order valence-electron chi connectivity index (χ4n) is 1.86. The average Bonchev–Trinajstić information content (AvgIpc) is 2.52. The molecule has 4 nitrogen and oxygen atoms in total. The predicted molar refractivity (Wildman–Crippen MR) is 92.7 cm³/mol. The Bertz CT molecular complexity index is 640. The summed E-state index contributed by atoms with van der Waals surface area (Å²) in [6.45, 7) is 0.469. The molecule has 0 bridgehead atoms. The van der Waals surface area contributed by atoms with E-state index in [0.29, 0.717) is 18.1 Å². The molecule has 0 atom stereocenters. The maximum atomic E-state index is 5.97. The van der Waals surface area contributed by atoms with Crippen molar-refractivity contribution in [2.45, 2.75) is 6.61 Å². The van der Waals surface area contributed by atoms with Gasteiger partial charge in [-0.15, -0.1) is 0 Å². The van der Waals surface area contributed by atoms with Gasteiger partial charge in [0.15, 0.2) is 11.5 Å². The first-order chi connectivity index (χ1) is 10.6. The molecule has 0 heterocycles. The van der Waals surface area contributed by atoms with Crippen molar-refractivity contribution in [1.82, 2.24) is 5.01 Å². The molecule has 2 aromatic rings. The first kappa shape index (κ1) is 16.4. The third-order valence-corrected chi connectivity index (χ3v) is 3.48. The number of rotatable bonds is 6. The van der Waals surface area contributed by atoms with Crippen LogP contribution in [0.4, 0.5) is 0 Å². The summed E-state index contributed by atoms with van der Waals surface area (Å²) in [4.78, 5) is 0. The van der Waals surface area contributed by atoms with Gasteiger partial charge in [0.05, 0.1) is 13.3 Å². The molecule has 2 aromatic carbocycles. The maximum Gasteiger partial charge on any atom is 0.170 e. The lowest BCUT2D eigenvalue weighted by molar-refractivity contribution is 0.284. The molecule has 0 aromatic heterocycles. The SMILES string of the molecule is COc1cccc(/C=N/N(C)C)c1OCc1ccc(Br)cc1. The Balaban J connectivity index is 2.22. The Hall–Kier alpha value is -2.01. The molecule has 0 amide bonds. The lowest BCUT2D eigenvalue weighted by atomic mass is 10.2. The van der Waals surface area contributed by atoms with Crippen LogP contribution in [-0.4, -0.2) is 32.4 Å². The summed E-state index contributed by atoms with van der Waals surface area (Å²) in [6, 6.07) is 13.8. The lowest BCUT2D eigenvalue weighted by Gasteiger charge is -2.13. The fourth-order valence-corrected chi connectivity index (χ4v) is 2.13. The summed E-state index contributed by atoms with van der Waals surface area (Å²) >= 11 is 3.43. The van der Waals surface area contributed by atoms with Crippen LogP contribution in [-0.2, 0) is 6.61 Å². The van der Waals surface area contributed by atoms with Crippen molar-refractivity contribution in [3.05, 3.63) is 58.1 Å². The van der Waals surface area contributed by atoms with Gasteiger partial charge in [-0.2, -0.15) is 5.10 Å². The van der Waals surface area contributed by atoms with E-state index in [1.165, 1.54) is 0 Å². The van der Waals surface area contributed by atoms with E-state index in [0.717, 1.165) is 15.6 Å². The monoisotopic (exact) mass is 362 g/mol. The molecule has 0 N–H and O–H groups in total. The van der Waals surface area contributed by atoms with Crippen molar-refractivity contribution in [3.63, 3.8) is 0 Å². The number of hydrogen-bond acceptors (Lipinski definition) is 4. The van der Waals surface area contributed by atoms with E-state index in [1.807, 2.05) is 56.6 Å². The van der Waals surface area contributed by atoms with Crippen molar-refractivity contribution in [2.75, 3.05) is 21.2 Å². The van der Waals surface area contributed by atoms with E-state index in [9.17, 15) is 0 Å². The number of hydrogen-bond donors (Lipinski definition) is 0. The Labute approximate surface area is 139 Å². The lowest BCUT2D eigenvalue weighted by Crippen LogP contribution is -2.04. The molecular formula is C17H19BrN2O2. The highest BCUT2D eigenvalue weighted by molar-refractivity contribution is 9.10. The standard InChI is InChI=1S/C17H19BrN2O2/c1-20(2)19-11-14-5-4-6-16(21-3)17(14)22-12-13-7-9-15(18)10-8-13/h4-11H,12H2,1-3H3/b19-11+. The zero-order valence-corrected chi connectivity index (χ0v) is 14.5.